The number of nitrogens with zero attached hydrogens (tertiary/aromatic N) is 1. The van der Waals surface area contributed by atoms with Crippen molar-refractivity contribution < 1.29 is 9.53 Å². The summed E-state index contributed by atoms with van der Waals surface area (Å²) in [4.78, 5) is 16.3. The number of anilines is 1. The molecule has 0 saturated carbocycles. The topological polar surface area (TPSA) is 121 Å². The number of carbonyl (C=O) groups is 1. The third kappa shape index (κ3) is 4.77. The summed E-state index contributed by atoms with van der Waals surface area (Å²) in [5.74, 6) is 0.356. The molecule has 0 aliphatic rings. The minimum absolute atomic E-state index is 0. The van der Waals surface area contributed by atoms with Gasteiger partial charge in [-0.1, -0.05) is 11.6 Å². The van der Waals surface area contributed by atoms with Crippen LogP contribution in [0.4, 0.5) is 5.69 Å². The maximum atomic E-state index is 12.3. The summed E-state index contributed by atoms with van der Waals surface area (Å²) in [5.41, 5.74) is 12.5. The monoisotopic (exact) mass is 429 g/mol. The Morgan fingerprint density at radius 2 is 1.78 bits per heavy atom. The second-order valence-electron chi connectivity index (χ2n) is 5.47. The van der Waals surface area contributed by atoms with E-state index in [2.05, 4.69) is 4.98 Å². The maximum absolute atomic E-state index is 12.3. The second-order valence-corrected chi connectivity index (χ2v) is 5.88. The van der Waals surface area contributed by atoms with Crippen LogP contribution in [0.15, 0.2) is 42.5 Å². The fourth-order valence-corrected chi connectivity index (χ4v) is 2.57. The third-order valence-corrected chi connectivity index (χ3v) is 3.99. The number of ether oxygens (including phenoxy) is 1. The number of rotatable bonds is 3. The lowest BCUT2D eigenvalue weighted by Gasteiger charge is -2.12. The molecule has 3 rings (SSSR count). The Morgan fingerprint density at radius 1 is 1.15 bits per heavy atom. The number of halogens is 3. The highest BCUT2D eigenvalue weighted by molar-refractivity contribution is 6.35. The molecule has 0 saturated heterocycles. The minimum Gasteiger partial charge on any atom is -0.457 e. The number of nitrogens with one attached hydrogen (secondary N) is 2. The van der Waals surface area contributed by atoms with Crippen LogP contribution in [0.1, 0.15) is 10.5 Å². The first kappa shape index (κ1) is 22.4. The molecule has 0 fully saturated rings. The van der Waals surface area contributed by atoms with E-state index in [4.69, 9.17) is 33.2 Å². The van der Waals surface area contributed by atoms with E-state index in [1.54, 1.807) is 42.5 Å². The van der Waals surface area contributed by atoms with Gasteiger partial charge < -0.3 is 21.2 Å². The fourth-order valence-electron chi connectivity index (χ4n) is 2.30. The first-order valence-electron chi connectivity index (χ1n) is 7.33. The molecule has 6 N–H and O–H groups in total. The van der Waals surface area contributed by atoms with Crippen molar-refractivity contribution in [3.05, 3.63) is 53.2 Å². The number of amides is 1. The van der Waals surface area contributed by atoms with Crippen LogP contribution in [0.3, 0.4) is 0 Å². The van der Waals surface area contributed by atoms with Gasteiger partial charge in [0, 0.05) is 30.3 Å². The molecule has 0 atom stereocenters. The lowest BCUT2D eigenvalue weighted by Crippen LogP contribution is -2.38. The van der Waals surface area contributed by atoms with Crippen molar-refractivity contribution in [3.8, 4) is 11.5 Å². The minimum atomic E-state index is -0.430. The van der Waals surface area contributed by atoms with E-state index in [1.807, 2.05) is 0 Å². The summed E-state index contributed by atoms with van der Waals surface area (Å²) < 4.78 is 5.77. The maximum Gasteiger partial charge on any atom is 0.276 e. The molecule has 1 amide bonds. The van der Waals surface area contributed by atoms with Gasteiger partial charge in [0.15, 0.2) is 5.96 Å². The Morgan fingerprint density at radius 3 is 2.37 bits per heavy atom. The zero-order chi connectivity index (χ0) is 18.1. The molecule has 10 heteroatoms. The molecule has 1 aromatic heterocycles. The van der Waals surface area contributed by atoms with Crippen molar-refractivity contribution in [2.75, 3.05) is 12.8 Å². The van der Waals surface area contributed by atoms with Gasteiger partial charge in [0.05, 0.1) is 10.5 Å². The molecule has 0 unspecified atom stereocenters. The number of nitrogens with two attached hydrogens (primary N) is 2. The number of benzene rings is 2. The van der Waals surface area contributed by atoms with Crippen LogP contribution in [0, 0.1) is 5.41 Å². The molecule has 7 nitrogen and oxygen atoms in total. The molecule has 27 heavy (non-hydrogen) atoms. The van der Waals surface area contributed by atoms with Gasteiger partial charge in [-0.3, -0.25) is 15.1 Å². The molecule has 2 aromatic carbocycles. The van der Waals surface area contributed by atoms with Crippen molar-refractivity contribution in [3.63, 3.8) is 0 Å². The van der Waals surface area contributed by atoms with Gasteiger partial charge in [0.1, 0.15) is 17.2 Å². The highest BCUT2D eigenvalue weighted by atomic mass is 35.5. The van der Waals surface area contributed by atoms with E-state index < -0.39 is 5.91 Å². The third-order valence-electron chi connectivity index (χ3n) is 3.67. The number of hydrogen-bond acceptors (Lipinski definition) is 4. The van der Waals surface area contributed by atoms with E-state index in [-0.39, 0.29) is 36.5 Å². The van der Waals surface area contributed by atoms with Crippen LogP contribution in [-0.2, 0) is 0 Å². The average Bonchev–Trinajstić information content (AvgIpc) is 3.00. The normalized spacial score (nSPS) is 9.85. The summed E-state index contributed by atoms with van der Waals surface area (Å²) in [5, 5.41) is 8.45. The van der Waals surface area contributed by atoms with Crippen molar-refractivity contribution in [2.24, 2.45) is 5.73 Å². The number of carbonyl (C=O) groups excluding carboxylic acids is 1. The Bertz CT molecular complexity index is 973. The smallest absolute Gasteiger partial charge is 0.276 e. The van der Waals surface area contributed by atoms with Gasteiger partial charge in [-0.2, -0.15) is 0 Å². The van der Waals surface area contributed by atoms with Gasteiger partial charge in [-0.25, -0.2) is 0 Å². The SMILES string of the molecule is CN(C(=N)N)C(=O)c1cc2c(Cl)cc(Oc3ccc(N)cc3)cc2[nH]1.Cl.Cl. The van der Waals surface area contributed by atoms with Gasteiger partial charge in [-0.15, -0.1) is 24.8 Å². The molecule has 0 radical (unpaired) electrons. The molecule has 0 aliphatic heterocycles. The highest BCUT2D eigenvalue weighted by Gasteiger charge is 2.18. The van der Waals surface area contributed by atoms with Gasteiger partial charge >= 0.3 is 0 Å². The summed E-state index contributed by atoms with van der Waals surface area (Å²) in [7, 11) is 1.42. The number of hydrogen-bond donors (Lipinski definition) is 4. The fraction of sp³-hybridized carbons (Fsp3) is 0.0588. The molecule has 0 bridgehead atoms. The summed E-state index contributed by atoms with van der Waals surface area (Å²) in [6.45, 7) is 0. The van der Waals surface area contributed by atoms with E-state index in [1.165, 1.54) is 7.05 Å². The van der Waals surface area contributed by atoms with Crippen LogP contribution in [0.25, 0.3) is 10.9 Å². The standard InChI is InChI=1S/C17H16ClN5O2.2ClH/c1-23(17(20)21)16(24)15-8-12-13(18)6-11(7-14(12)22-15)25-10-4-2-9(19)3-5-10;;/h2-8,22H,19H2,1H3,(H3,20,21);2*1H. The van der Waals surface area contributed by atoms with Crippen LogP contribution in [0.5, 0.6) is 11.5 Å². The Balaban J connectivity index is 0.00000182. The molecule has 3 aromatic rings. The number of H-pyrrole nitrogens is 1. The number of fused-ring (bicyclic) bond motifs is 1. The second kappa shape index (κ2) is 8.85. The van der Waals surface area contributed by atoms with E-state index >= 15 is 0 Å². The van der Waals surface area contributed by atoms with Crippen LogP contribution in [0.2, 0.25) is 5.02 Å². The van der Waals surface area contributed by atoms with E-state index in [9.17, 15) is 4.79 Å². The average molecular weight is 431 g/mol. The number of nitrogen functional groups attached to an aromatic ring is 1. The first-order valence-corrected chi connectivity index (χ1v) is 7.70. The number of guanidine groups is 1. The quantitative estimate of drug-likeness (QED) is 0.285. The predicted molar refractivity (Wildman–Crippen MR) is 113 cm³/mol. The Kier molecular flexibility index (Phi) is 7.36. The molecular formula is C17H18Cl3N5O2. The van der Waals surface area contributed by atoms with Crippen LogP contribution < -0.4 is 16.2 Å². The molecule has 1 heterocycles. The molecule has 0 spiro atoms. The summed E-state index contributed by atoms with van der Waals surface area (Å²) >= 11 is 6.30. The largest absolute Gasteiger partial charge is 0.457 e. The van der Waals surface area contributed by atoms with Gasteiger partial charge in [-0.05, 0) is 30.3 Å². The van der Waals surface area contributed by atoms with Crippen molar-refractivity contribution in [1.29, 1.82) is 5.41 Å². The van der Waals surface area contributed by atoms with E-state index in [0.717, 1.165) is 4.90 Å². The molecule has 144 valence electrons. The summed E-state index contributed by atoms with van der Waals surface area (Å²) in [6, 6.07) is 12.0. The van der Waals surface area contributed by atoms with Gasteiger partial charge in [0.25, 0.3) is 5.91 Å². The van der Waals surface area contributed by atoms with Crippen molar-refractivity contribution in [2.45, 2.75) is 0 Å². The number of aromatic amines is 1. The van der Waals surface area contributed by atoms with Crippen LogP contribution >= 0.6 is 36.4 Å². The lowest BCUT2D eigenvalue weighted by molar-refractivity contribution is 0.0864. The Hall–Kier alpha value is -2.61. The zero-order valence-corrected chi connectivity index (χ0v) is 16.5. The van der Waals surface area contributed by atoms with Crippen molar-refractivity contribution >= 4 is 64.9 Å². The van der Waals surface area contributed by atoms with Crippen molar-refractivity contribution in [1.82, 2.24) is 9.88 Å². The molecular weight excluding hydrogens is 413 g/mol. The number of aromatic nitrogens is 1. The predicted octanol–water partition coefficient (Wildman–Crippen LogP) is 4.00. The Labute approximate surface area is 172 Å². The highest BCUT2D eigenvalue weighted by Crippen LogP contribution is 2.32. The lowest BCUT2D eigenvalue weighted by atomic mass is 10.2. The van der Waals surface area contributed by atoms with Crippen LogP contribution in [-0.4, -0.2) is 28.8 Å². The molecule has 0 aliphatic carbocycles. The van der Waals surface area contributed by atoms with Gasteiger partial charge in [0.2, 0.25) is 0 Å². The summed E-state index contributed by atoms with van der Waals surface area (Å²) in [6.07, 6.45) is 0. The van der Waals surface area contributed by atoms with E-state index in [0.29, 0.717) is 33.1 Å². The first-order chi connectivity index (χ1) is 11.8. The zero-order valence-electron chi connectivity index (χ0n) is 14.2.